The van der Waals surface area contributed by atoms with Crippen molar-refractivity contribution in [2.75, 3.05) is 7.11 Å². The van der Waals surface area contributed by atoms with Crippen molar-refractivity contribution in [3.05, 3.63) is 46.2 Å². The van der Waals surface area contributed by atoms with E-state index in [2.05, 4.69) is 0 Å². The third kappa shape index (κ3) is 2.49. The van der Waals surface area contributed by atoms with Crippen molar-refractivity contribution in [1.29, 1.82) is 10.5 Å². The van der Waals surface area contributed by atoms with Crippen LogP contribution in [0.2, 0.25) is 0 Å². The Labute approximate surface area is 92.8 Å². The third-order valence-corrected chi connectivity index (χ3v) is 2.03. The molecule has 1 aliphatic rings. The molecule has 0 fully saturated rings. The molecule has 0 bridgehead atoms. The van der Waals surface area contributed by atoms with Gasteiger partial charge in [-0.2, -0.15) is 10.5 Å². The Hall–Kier alpha value is -1.97. The smallest absolute Gasteiger partial charge is 0.140 e. The van der Waals surface area contributed by atoms with Crippen LogP contribution in [0.3, 0.4) is 0 Å². The van der Waals surface area contributed by atoms with E-state index in [0.29, 0.717) is 16.4 Å². The zero-order valence-electron chi connectivity index (χ0n) is 7.99. The number of halogens is 1. The molecule has 0 aromatic carbocycles. The van der Waals surface area contributed by atoms with Gasteiger partial charge in [0.1, 0.15) is 23.5 Å². The van der Waals surface area contributed by atoms with Gasteiger partial charge in [0.25, 0.3) is 0 Å². The average Bonchev–Trinajstić information content (AvgIpc) is 2.43. The fourth-order valence-electron chi connectivity index (χ4n) is 1.08. The first kappa shape index (κ1) is 11.1. The van der Waals surface area contributed by atoms with Gasteiger partial charge in [0.15, 0.2) is 0 Å². The summed E-state index contributed by atoms with van der Waals surface area (Å²) < 4.78 is 5.06. The number of allylic oxidation sites excluding steroid dienone is 6. The number of nitrogens with zero attached hydrogens (tertiary/aromatic N) is 2. The molecule has 74 valence electrons. The van der Waals surface area contributed by atoms with Gasteiger partial charge < -0.3 is 4.74 Å². The van der Waals surface area contributed by atoms with Crippen LogP contribution in [0.15, 0.2) is 46.2 Å². The number of hydrogen-bond acceptors (Lipinski definition) is 3. The summed E-state index contributed by atoms with van der Waals surface area (Å²) in [7, 11) is 1.47. The normalized spacial score (nSPS) is 14.3. The highest BCUT2D eigenvalue weighted by molar-refractivity contribution is 6.31. The molecule has 1 rings (SSSR count). The highest BCUT2D eigenvalue weighted by Gasteiger charge is 2.11. The summed E-state index contributed by atoms with van der Waals surface area (Å²) >= 11 is 5.79. The topological polar surface area (TPSA) is 56.8 Å². The average molecular weight is 219 g/mol. The van der Waals surface area contributed by atoms with E-state index in [9.17, 15) is 0 Å². The first-order chi connectivity index (χ1) is 7.22. The van der Waals surface area contributed by atoms with Gasteiger partial charge in [-0.3, -0.25) is 0 Å². The zero-order valence-corrected chi connectivity index (χ0v) is 8.75. The molecule has 1 aliphatic carbocycles. The van der Waals surface area contributed by atoms with E-state index >= 15 is 0 Å². The summed E-state index contributed by atoms with van der Waals surface area (Å²) in [6, 6.07) is 3.62. The Morgan fingerprint density at radius 3 is 2.47 bits per heavy atom. The Bertz CT molecular complexity index is 454. The summed E-state index contributed by atoms with van der Waals surface area (Å²) in [4.78, 5) is 0. The van der Waals surface area contributed by atoms with Crippen LogP contribution in [-0.4, -0.2) is 7.11 Å². The predicted molar refractivity (Wildman–Crippen MR) is 56.4 cm³/mol. The third-order valence-electron chi connectivity index (χ3n) is 1.78. The Morgan fingerprint density at radius 1 is 1.27 bits per heavy atom. The zero-order chi connectivity index (χ0) is 11.3. The summed E-state index contributed by atoms with van der Waals surface area (Å²) in [5.41, 5.74) is 0.438. The SMILES string of the molecule is COC1=CC=C(Cl)C=CC1=C(C#N)C#N. The Kier molecular flexibility index (Phi) is 3.74. The largest absolute Gasteiger partial charge is 0.496 e. The first-order valence-corrected chi connectivity index (χ1v) is 4.45. The fourth-order valence-corrected chi connectivity index (χ4v) is 1.20. The first-order valence-electron chi connectivity index (χ1n) is 4.07. The lowest BCUT2D eigenvalue weighted by Crippen LogP contribution is -1.93. The lowest BCUT2D eigenvalue weighted by atomic mass is 10.1. The van der Waals surface area contributed by atoms with E-state index in [0.717, 1.165) is 0 Å². The van der Waals surface area contributed by atoms with Gasteiger partial charge in [0.2, 0.25) is 0 Å². The molecule has 0 aromatic heterocycles. The molecular weight excluding hydrogens is 212 g/mol. The van der Waals surface area contributed by atoms with Crippen molar-refractivity contribution in [3.8, 4) is 12.1 Å². The molecule has 0 spiro atoms. The van der Waals surface area contributed by atoms with Gasteiger partial charge in [-0.05, 0) is 24.3 Å². The summed E-state index contributed by atoms with van der Waals surface area (Å²) in [6.07, 6.45) is 6.44. The van der Waals surface area contributed by atoms with Crippen LogP contribution >= 0.6 is 11.6 Å². The van der Waals surface area contributed by atoms with Gasteiger partial charge in [-0.25, -0.2) is 0 Å². The molecule has 0 unspecified atom stereocenters. The Morgan fingerprint density at radius 2 is 1.93 bits per heavy atom. The molecule has 0 N–H and O–H groups in total. The maximum Gasteiger partial charge on any atom is 0.140 e. The number of ether oxygens (including phenoxy) is 1. The van der Waals surface area contributed by atoms with E-state index in [1.54, 1.807) is 24.3 Å². The van der Waals surface area contributed by atoms with E-state index in [4.69, 9.17) is 26.9 Å². The summed E-state index contributed by atoms with van der Waals surface area (Å²) in [6.45, 7) is 0. The molecule has 4 heteroatoms. The Balaban J connectivity index is 3.34. The van der Waals surface area contributed by atoms with E-state index in [1.165, 1.54) is 7.11 Å². The number of hydrogen-bond donors (Lipinski definition) is 0. The minimum absolute atomic E-state index is 0.000818. The van der Waals surface area contributed by atoms with Gasteiger partial charge in [0, 0.05) is 10.6 Å². The van der Waals surface area contributed by atoms with E-state index in [1.807, 2.05) is 12.1 Å². The second-order valence-corrected chi connectivity index (χ2v) is 3.07. The van der Waals surface area contributed by atoms with Crippen LogP contribution in [0, 0.1) is 22.7 Å². The molecule has 0 saturated carbocycles. The lowest BCUT2D eigenvalue weighted by Gasteiger charge is -2.04. The molecule has 0 radical (unpaired) electrons. The van der Waals surface area contributed by atoms with Crippen LogP contribution in [-0.2, 0) is 4.74 Å². The van der Waals surface area contributed by atoms with Gasteiger partial charge in [-0.1, -0.05) is 11.6 Å². The minimum Gasteiger partial charge on any atom is -0.496 e. The quantitative estimate of drug-likeness (QED) is 0.636. The second kappa shape index (κ2) is 5.05. The van der Waals surface area contributed by atoms with Crippen LogP contribution in [0.1, 0.15) is 0 Å². The van der Waals surface area contributed by atoms with Gasteiger partial charge in [-0.15, -0.1) is 0 Å². The van der Waals surface area contributed by atoms with Crippen LogP contribution < -0.4 is 0 Å². The number of rotatable bonds is 1. The molecule has 0 heterocycles. The molecular formula is C11H7ClN2O. The van der Waals surface area contributed by atoms with Gasteiger partial charge >= 0.3 is 0 Å². The molecule has 0 aromatic rings. The maximum atomic E-state index is 8.75. The van der Waals surface area contributed by atoms with Gasteiger partial charge in [0.05, 0.1) is 7.11 Å². The van der Waals surface area contributed by atoms with E-state index < -0.39 is 0 Å². The van der Waals surface area contributed by atoms with Crippen molar-refractivity contribution in [3.63, 3.8) is 0 Å². The predicted octanol–water partition coefficient (Wildman–Crippen LogP) is 2.55. The monoisotopic (exact) mass is 218 g/mol. The summed E-state index contributed by atoms with van der Waals surface area (Å²) in [5, 5.41) is 18.0. The molecule has 0 atom stereocenters. The molecule has 3 nitrogen and oxygen atoms in total. The van der Waals surface area contributed by atoms with Crippen molar-refractivity contribution in [1.82, 2.24) is 0 Å². The number of nitriles is 2. The minimum atomic E-state index is -0.000818. The molecule has 15 heavy (non-hydrogen) atoms. The van der Waals surface area contributed by atoms with Crippen LogP contribution in [0.25, 0.3) is 0 Å². The molecule has 0 amide bonds. The fraction of sp³-hybridized carbons (Fsp3) is 0.0909. The molecule has 0 saturated heterocycles. The van der Waals surface area contributed by atoms with Crippen molar-refractivity contribution < 1.29 is 4.74 Å². The lowest BCUT2D eigenvalue weighted by molar-refractivity contribution is 0.302. The van der Waals surface area contributed by atoms with Crippen LogP contribution in [0.5, 0.6) is 0 Å². The highest BCUT2D eigenvalue weighted by Crippen LogP contribution is 2.22. The van der Waals surface area contributed by atoms with Crippen molar-refractivity contribution in [2.45, 2.75) is 0 Å². The van der Waals surface area contributed by atoms with Crippen molar-refractivity contribution >= 4 is 11.6 Å². The van der Waals surface area contributed by atoms with Crippen molar-refractivity contribution in [2.24, 2.45) is 0 Å². The highest BCUT2D eigenvalue weighted by atomic mass is 35.5. The molecule has 0 aliphatic heterocycles. The maximum absolute atomic E-state index is 8.75. The standard InChI is InChI=1S/C11H7ClN2O/c1-15-11-5-3-9(12)2-4-10(11)8(6-13)7-14/h2-5H,1H3. The summed E-state index contributed by atoms with van der Waals surface area (Å²) in [5.74, 6) is 0.444. The van der Waals surface area contributed by atoms with E-state index in [-0.39, 0.29) is 5.57 Å². The number of methoxy groups -OCH3 is 1. The second-order valence-electron chi connectivity index (χ2n) is 2.63. The van der Waals surface area contributed by atoms with Crippen LogP contribution in [0.4, 0.5) is 0 Å².